The largest absolute Gasteiger partial charge is 0.488 e. The molecule has 3 unspecified atom stereocenters. The molecule has 0 aromatic heterocycles. The Balaban J connectivity index is 1.86. The average molecular weight is 303 g/mol. The minimum absolute atomic E-state index is 0.120. The number of benzene rings is 2. The summed E-state index contributed by atoms with van der Waals surface area (Å²) in [6.45, 7) is 4.02. The van der Waals surface area contributed by atoms with Crippen LogP contribution in [0.2, 0.25) is 0 Å². The maximum absolute atomic E-state index is 13.3. The van der Waals surface area contributed by atoms with Crippen LogP contribution in [0, 0.1) is 12.3 Å². The van der Waals surface area contributed by atoms with Gasteiger partial charge in [-0.1, -0.05) is 30.3 Å². The van der Waals surface area contributed by atoms with Gasteiger partial charge >= 0.3 is 0 Å². The van der Waals surface area contributed by atoms with Gasteiger partial charge in [0.05, 0.1) is 17.2 Å². The molecule has 0 saturated heterocycles. The van der Waals surface area contributed by atoms with Gasteiger partial charge in [0.15, 0.2) is 11.4 Å². The Morgan fingerprint density at radius 1 is 1.09 bits per heavy atom. The molecule has 3 atom stereocenters. The van der Waals surface area contributed by atoms with Crippen molar-refractivity contribution in [2.24, 2.45) is 5.92 Å². The zero-order valence-electron chi connectivity index (χ0n) is 13.3. The Morgan fingerprint density at radius 2 is 1.78 bits per heavy atom. The highest BCUT2D eigenvalue weighted by atomic mass is 16.5. The Morgan fingerprint density at radius 3 is 2.57 bits per heavy atom. The van der Waals surface area contributed by atoms with E-state index in [0.29, 0.717) is 0 Å². The Hall–Kier alpha value is -2.48. The molecule has 1 aliphatic heterocycles. The number of Topliss-reactive ketones (excluding diaryl/α,β-unsaturated/α-hetero) is 1. The number of fused-ring (bicyclic) bond motifs is 2. The van der Waals surface area contributed by atoms with E-state index in [2.05, 4.69) is 31.6 Å². The molecule has 0 spiro atoms. The zero-order valence-corrected chi connectivity index (χ0v) is 13.3. The highest BCUT2D eigenvalue weighted by Gasteiger charge is 2.57. The second-order valence-corrected chi connectivity index (χ2v) is 6.55. The van der Waals surface area contributed by atoms with Crippen LogP contribution in [-0.4, -0.2) is 11.4 Å². The fourth-order valence-electron chi connectivity index (χ4n) is 3.93. The normalized spacial score (nSPS) is 28.0. The lowest BCUT2D eigenvalue weighted by Gasteiger charge is -2.38. The van der Waals surface area contributed by atoms with Crippen LogP contribution < -0.4 is 0 Å². The van der Waals surface area contributed by atoms with Crippen molar-refractivity contribution in [2.75, 3.05) is 0 Å². The first-order chi connectivity index (χ1) is 11.1. The average Bonchev–Trinajstić information content (AvgIpc) is 2.85. The molecule has 1 heterocycles. The predicted molar refractivity (Wildman–Crippen MR) is 90.1 cm³/mol. The number of rotatable bonds is 2. The van der Waals surface area contributed by atoms with Crippen LogP contribution in [-0.2, 0) is 4.74 Å². The smallest absolute Gasteiger partial charge is 0.187 e. The van der Waals surface area contributed by atoms with Crippen molar-refractivity contribution in [1.29, 1.82) is 0 Å². The van der Waals surface area contributed by atoms with E-state index in [1.54, 1.807) is 0 Å². The SMILES string of the molecule is CC1=CC2[CH+]c3ccccc3C(C(=O)c3ccccc3)C2(C)O1. The molecule has 0 radical (unpaired) electrons. The summed E-state index contributed by atoms with van der Waals surface area (Å²) < 4.78 is 6.17. The van der Waals surface area contributed by atoms with E-state index >= 15 is 0 Å². The predicted octanol–water partition coefficient (Wildman–Crippen LogP) is 4.53. The molecule has 2 nitrogen and oxygen atoms in total. The molecule has 2 aromatic rings. The molecule has 0 fully saturated rings. The van der Waals surface area contributed by atoms with E-state index in [0.717, 1.165) is 22.4 Å². The molecule has 2 aliphatic rings. The van der Waals surface area contributed by atoms with Crippen molar-refractivity contribution in [3.63, 3.8) is 0 Å². The fraction of sp³-hybridized carbons (Fsp3) is 0.238. The molecule has 23 heavy (non-hydrogen) atoms. The summed E-state index contributed by atoms with van der Waals surface area (Å²) in [6, 6.07) is 17.7. The minimum atomic E-state index is -0.550. The third kappa shape index (κ3) is 2.09. The highest BCUT2D eigenvalue weighted by molar-refractivity contribution is 6.02. The lowest BCUT2D eigenvalue weighted by molar-refractivity contribution is -0.00454. The number of hydrogen-bond donors (Lipinski definition) is 0. The van der Waals surface area contributed by atoms with Crippen LogP contribution in [0.3, 0.4) is 0 Å². The lowest BCUT2D eigenvalue weighted by atomic mass is 9.65. The maximum Gasteiger partial charge on any atom is 0.187 e. The van der Waals surface area contributed by atoms with E-state index in [-0.39, 0.29) is 17.6 Å². The summed E-state index contributed by atoms with van der Waals surface area (Å²) in [7, 11) is 0. The first kappa shape index (κ1) is 14.1. The van der Waals surface area contributed by atoms with Crippen molar-refractivity contribution in [3.8, 4) is 0 Å². The van der Waals surface area contributed by atoms with Gasteiger partial charge in [0.1, 0.15) is 11.5 Å². The van der Waals surface area contributed by atoms with E-state index in [4.69, 9.17) is 4.74 Å². The third-order valence-electron chi connectivity index (χ3n) is 5.02. The third-order valence-corrected chi connectivity index (χ3v) is 5.02. The van der Waals surface area contributed by atoms with Crippen LogP contribution in [0.15, 0.2) is 66.4 Å². The molecule has 0 bridgehead atoms. The first-order valence-corrected chi connectivity index (χ1v) is 8.00. The lowest BCUT2D eigenvalue weighted by Crippen LogP contribution is -2.46. The topological polar surface area (TPSA) is 26.3 Å². The number of hydrogen-bond acceptors (Lipinski definition) is 2. The van der Waals surface area contributed by atoms with Gasteiger partial charge < -0.3 is 4.74 Å². The zero-order chi connectivity index (χ0) is 16.0. The summed E-state index contributed by atoms with van der Waals surface area (Å²) in [5.74, 6) is 0.842. The van der Waals surface area contributed by atoms with E-state index in [1.165, 1.54) is 0 Å². The summed E-state index contributed by atoms with van der Waals surface area (Å²) in [5.41, 5.74) is 2.38. The van der Waals surface area contributed by atoms with Crippen LogP contribution in [0.25, 0.3) is 0 Å². The van der Waals surface area contributed by atoms with Gasteiger partial charge in [-0.05, 0) is 32.1 Å². The van der Waals surface area contributed by atoms with Gasteiger partial charge in [-0.25, -0.2) is 0 Å². The quantitative estimate of drug-likeness (QED) is 0.602. The monoisotopic (exact) mass is 303 g/mol. The van der Waals surface area contributed by atoms with Gasteiger partial charge in [0.25, 0.3) is 0 Å². The number of carbonyl (C=O) groups excluding carboxylic acids is 1. The molecule has 4 rings (SSSR count). The van der Waals surface area contributed by atoms with E-state index in [1.807, 2.05) is 49.4 Å². The molecule has 1 aliphatic carbocycles. The van der Waals surface area contributed by atoms with Crippen molar-refractivity contribution < 1.29 is 9.53 Å². The van der Waals surface area contributed by atoms with Gasteiger partial charge in [-0.3, -0.25) is 4.79 Å². The molecule has 114 valence electrons. The number of allylic oxidation sites excluding steroid dienone is 1. The maximum atomic E-state index is 13.3. The Bertz CT molecular complexity index is 790. The number of ether oxygens (including phenoxy) is 1. The number of carbonyl (C=O) groups is 1. The van der Waals surface area contributed by atoms with Gasteiger partial charge in [-0.2, -0.15) is 0 Å². The van der Waals surface area contributed by atoms with Crippen LogP contribution >= 0.6 is 0 Å². The molecule has 2 heteroatoms. The molecule has 0 saturated carbocycles. The van der Waals surface area contributed by atoms with Crippen LogP contribution in [0.4, 0.5) is 0 Å². The van der Waals surface area contributed by atoms with Crippen molar-refractivity contribution in [2.45, 2.75) is 25.4 Å². The van der Waals surface area contributed by atoms with Gasteiger partial charge in [0.2, 0.25) is 0 Å². The minimum Gasteiger partial charge on any atom is -0.488 e. The molecular formula is C21H19O2+. The summed E-state index contributed by atoms with van der Waals surface area (Å²) in [6.07, 6.45) is 4.35. The van der Waals surface area contributed by atoms with Crippen molar-refractivity contribution in [1.82, 2.24) is 0 Å². The Labute approximate surface area is 136 Å². The van der Waals surface area contributed by atoms with Gasteiger partial charge in [-0.15, -0.1) is 0 Å². The van der Waals surface area contributed by atoms with E-state index in [9.17, 15) is 4.79 Å². The highest BCUT2D eigenvalue weighted by Crippen LogP contribution is 2.51. The summed E-state index contributed by atoms with van der Waals surface area (Å²) in [4.78, 5) is 13.3. The van der Waals surface area contributed by atoms with Crippen molar-refractivity contribution in [3.05, 3.63) is 89.5 Å². The molecule has 0 N–H and O–H groups in total. The second kappa shape index (κ2) is 5.02. The second-order valence-electron chi connectivity index (χ2n) is 6.55. The molecule has 2 aromatic carbocycles. The first-order valence-electron chi connectivity index (χ1n) is 8.00. The van der Waals surface area contributed by atoms with Crippen molar-refractivity contribution >= 4 is 5.78 Å². The van der Waals surface area contributed by atoms with E-state index < -0.39 is 5.60 Å². The summed E-state index contributed by atoms with van der Waals surface area (Å²) >= 11 is 0. The molecular weight excluding hydrogens is 284 g/mol. The fourth-order valence-corrected chi connectivity index (χ4v) is 3.93. The summed E-state index contributed by atoms with van der Waals surface area (Å²) in [5, 5.41) is 0. The molecule has 0 amide bonds. The number of ketones is 1. The standard InChI is InChI=1S/C21H19O2/c1-14-12-17-13-16-10-6-7-11-18(16)19(21(17,2)23-14)20(22)15-8-4-3-5-9-15/h3-13,17,19H,1-2H3/q+1. The van der Waals surface area contributed by atoms with Crippen LogP contribution in [0.5, 0.6) is 0 Å². The van der Waals surface area contributed by atoms with Gasteiger partial charge in [0, 0.05) is 24.1 Å². The van der Waals surface area contributed by atoms with Crippen LogP contribution in [0.1, 0.15) is 41.3 Å². The Kier molecular flexibility index (Phi) is 3.08.